The van der Waals surface area contributed by atoms with Crippen molar-refractivity contribution in [3.05, 3.63) is 101 Å². The molecule has 0 aliphatic carbocycles. The summed E-state index contributed by atoms with van der Waals surface area (Å²) in [6.45, 7) is 3.65. The Labute approximate surface area is 176 Å². The third-order valence-electron chi connectivity index (χ3n) is 5.22. The quantitative estimate of drug-likeness (QED) is 0.594. The van der Waals surface area contributed by atoms with Crippen LogP contribution in [0.2, 0.25) is 0 Å². The van der Waals surface area contributed by atoms with E-state index < -0.39 is 29.3 Å². The van der Waals surface area contributed by atoms with Crippen LogP contribution >= 0.6 is 0 Å². The molecule has 2 amide bonds. The second-order valence-corrected chi connectivity index (χ2v) is 7.18. The first-order chi connectivity index (χ1) is 14.8. The lowest BCUT2D eigenvalue weighted by molar-refractivity contribution is -0.120. The van der Waals surface area contributed by atoms with E-state index in [9.17, 15) is 22.8 Å². The molecule has 0 saturated heterocycles. The van der Waals surface area contributed by atoms with Gasteiger partial charge in [0.25, 0.3) is 11.8 Å². The molecular formula is C24H17F3N2O2. The van der Waals surface area contributed by atoms with Crippen molar-refractivity contribution < 1.29 is 22.8 Å². The number of amides is 2. The number of nitrogens with zero attached hydrogens (tertiary/aromatic N) is 1. The van der Waals surface area contributed by atoms with Gasteiger partial charge in [-0.25, -0.2) is 18.1 Å². The van der Waals surface area contributed by atoms with Gasteiger partial charge in [0, 0.05) is 11.8 Å². The van der Waals surface area contributed by atoms with Gasteiger partial charge in [0.15, 0.2) is 11.6 Å². The standard InChI is InChI=1S/C24H17F3N2O2/c1-13-4-3-5-20(14(13)2)29-23(30)21(15-6-8-16(25)9-7-15)22(24(29)31)28-17-10-11-18(26)19(27)12-17/h3-12,28H,1-2H3. The summed E-state index contributed by atoms with van der Waals surface area (Å²) >= 11 is 0. The monoisotopic (exact) mass is 422 g/mol. The van der Waals surface area contributed by atoms with Crippen molar-refractivity contribution in [2.75, 3.05) is 10.2 Å². The Hall–Kier alpha value is -3.87. The smallest absolute Gasteiger partial charge is 0.282 e. The zero-order chi connectivity index (χ0) is 22.3. The minimum atomic E-state index is -1.10. The van der Waals surface area contributed by atoms with Crippen LogP contribution in [0.3, 0.4) is 0 Å². The van der Waals surface area contributed by atoms with Crippen LogP contribution in [-0.2, 0) is 9.59 Å². The minimum Gasteiger partial charge on any atom is -0.350 e. The third kappa shape index (κ3) is 3.59. The van der Waals surface area contributed by atoms with Crippen molar-refractivity contribution in [2.45, 2.75) is 13.8 Å². The Bertz CT molecular complexity index is 1250. The van der Waals surface area contributed by atoms with Crippen molar-refractivity contribution in [1.29, 1.82) is 0 Å². The van der Waals surface area contributed by atoms with Crippen LogP contribution in [0.25, 0.3) is 5.57 Å². The molecule has 0 fully saturated rings. The molecule has 4 nitrogen and oxygen atoms in total. The lowest BCUT2D eigenvalue weighted by Gasteiger charge is -2.19. The van der Waals surface area contributed by atoms with Gasteiger partial charge in [0.05, 0.1) is 11.3 Å². The van der Waals surface area contributed by atoms with E-state index >= 15 is 0 Å². The van der Waals surface area contributed by atoms with Crippen molar-refractivity contribution in [2.24, 2.45) is 0 Å². The molecule has 3 aromatic carbocycles. The Morgan fingerprint density at radius 2 is 1.52 bits per heavy atom. The van der Waals surface area contributed by atoms with E-state index in [1.165, 1.54) is 30.3 Å². The van der Waals surface area contributed by atoms with E-state index in [0.29, 0.717) is 11.3 Å². The van der Waals surface area contributed by atoms with E-state index in [4.69, 9.17) is 0 Å². The van der Waals surface area contributed by atoms with E-state index in [1.54, 1.807) is 19.1 Å². The van der Waals surface area contributed by atoms with Crippen LogP contribution in [0.1, 0.15) is 16.7 Å². The van der Waals surface area contributed by atoms with Gasteiger partial charge in [-0.15, -0.1) is 0 Å². The molecular weight excluding hydrogens is 405 g/mol. The van der Waals surface area contributed by atoms with E-state index in [1.807, 2.05) is 13.0 Å². The molecule has 0 spiro atoms. The SMILES string of the molecule is Cc1cccc(N2C(=O)C(Nc3ccc(F)c(F)c3)=C(c3ccc(F)cc3)C2=O)c1C. The maximum atomic E-state index is 13.7. The fourth-order valence-electron chi connectivity index (χ4n) is 3.44. The van der Waals surface area contributed by atoms with Crippen molar-refractivity contribution in [3.63, 3.8) is 0 Å². The van der Waals surface area contributed by atoms with Crippen molar-refractivity contribution in [1.82, 2.24) is 0 Å². The van der Waals surface area contributed by atoms with Gasteiger partial charge in [0.2, 0.25) is 0 Å². The first kappa shape index (κ1) is 20.4. The maximum absolute atomic E-state index is 13.7. The molecule has 1 aliphatic heterocycles. The number of imide groups is 1. The molecule has 0 radical (unpaired) electrons. The highest BCUT2D eigenvalue weighted by Crippen LogP contribution is 2.35. The lowest BCUT2D eigenvalue weighted by atomic mass is 10.0. The zero-order valence-corrected chi connectivity index (χ0v) is 16.7. The van der Waals surface area contributed by atoms with Crippen LogP contribution in [0, 0.1) is 31.3 Å². The molecule has 4 rings (SSSR count). The highest BCUT2D eigenvalue weighted by atomic mass is 19.2. The van der Waals surface area contributed by atoms with Gasteiger partial charge in [0.1, 0.15) is 11.5 Å². The average Bonchev–Trinajstić information content (AvgIpc) is 2.97. The summed E-state index contributed by atoms with van der Waals surface area (Å²) in [5, 5.41) is 2.75. The summed E-state index contributed by atoms with van der Waals surface area (Å²) in [5.41, 5.74) is 2.37. The second kappa shape index (κ2) is 7.75. The number of nitrogens with one attached hydrogen (secondary N) is 1. The molecule has 0 aromatic heterocycles. The predicted octanol–water partition coefficient (Wildman–Crippen LogP) is 5.12. The molecule has 0 atom stereocenters. The molecule has 0 unspecified atom stereocenters. The number of anilines is 2. The molecule has 3 aromatic rings. The van der Waals surface area contributed by atoms with E-state index in [2.05, 4.69) is 5.32 Å². The number of carbonyl (C=O) groups excluding carboxylic acids is 2. The van der Waals surface area contributed by atoms with Gasteiger partial charge in [-0.05, 0) is 60.9 Å². The molecule has 7 heteroatoms. The second-order valence-electron chi connectivity index (χ2n) is 7.18. The van der Waals surface area contributed by atoms with Gasteiger partial charge < -0.3 is 5.32 Å². The first-order valence-corrected chi connectivity index (χ1v) is 9.45. The van der Waals surface area contributed by atoms with Crippen LogP contribution in [0.4, 0.5) is 24.5 Å². The fraction of sp³-hybridized carbons (Fsp3) is 0.0833. The molecule has 31 heavy (non-hydrogen) atoms. The summed E-state index contributed by atoms with van der Waals surface area (Å²) in [7, 11) is 0. The fourth-order valence-corrected chi connectivity index (χ4v) is 3.44. The number of rotatable bonds is 4. The third-order valence-corrected chi connectivity index (χ3v) is 5.22. The summed E-state index contributed by atoms with van der Waals surface area (Å²) in [5.74, 6) is -3.89. The van der Waals surface area contributed by atoms with Crippen LogP contribution in [0.15, 0.2) is 66.4 Å². The van der Waals surface area contributed by atoms with Crippen LogP contribution in [0.5, 0.6) is 0 Å². The number of carbonyl (C=O) groups is 2. The lowest BCUT2D eigenvalue weighted by Crippen LogP contribution is -2.33. The Morgan fingerprint density at radius 3 is 2.19 bits per heavy atom. The van der Waals surface area contributed by atoms with Crippen LogP contribution < -0.4 is 10.2 Å². The highest BCUT2D eigenvalue weighted by molar-refractivity contribution is 6.46. The van der Waals surface area contributed by atoms with Crippen molar-refractivity contribution >= 4 is 28.8 Å². The minimum absolute atomic E-state index is 0.00985. The van der Waals surface area contributed by atoms with Crippen LogP contribution in [-0.4, -0.2) is 11.8 Å². The van der Waals surface area contributed by atoms with Crippen molar-refractivity contribution in [3.8, 4) is 0 Å². The Morgan fingerprint density at radius 1 is 0.806 bits per heavy atom. The molecule has 1 N–H and O–H groups in total. The normalized spacial score (nSPS) is 13.9. The average molecular weight is 422 g/mol. The number of aryl methyl sites for hydroxylation is 1. The number of benzene rings is 3. The zero-order valence-electron chi connectivity index (χ0n) is 16.7. The number of hydrogen-bond donors (Lipinski definition) is 1. The number of halogens is 3. The molecule has 1 heterocycles. The Kier molecular flexibility index (Phi) is 5.10. The summed E-state index contributed by atoms with van der Waals surface area (Å²) < 4.78 is 40.5. The van der Waals surface area contributed by atoms with E-state index in [-0.39, 0.29) is 17.0 Å². The molecule has 156 valence electrons. The Balaban J connectivity index is 1.85. The van der Waals surface area contributed by atoms with Gasteiger partial charge >= 0.3 is 0 Å². The first-order valence-electron chi connectivity index (χ1n) is 9.45. The van der Waals surface area contributed by atoms with Gasteiger partial charge in [-0.3, -0.25) is 9.59 Å². The molecule has 0 saturated carbocycles. The summed E-state index contributed by atoms with van der Waals surface area (Å²) in [4.78, 5) is 27.7. The largest absolute Gasteiger partial charge is 0.350 e. The number of hydrogen-bond acceptors (Lipinski definition) is 3. The van der Waals surface area contributed by atoms with E-state index in [0.717, 1.165) is 28.2 Å². The van der Waals surface area contributed by atoms with Gasteiger partial charge in [-0.1, -0.05) is 24.3 Å². The molecule has 0 bridgehead atoms. The molecule has 1 aliphatic rings. The predicted molar refractivity (Wildman–Crippen MR) is 112 cm³/mol. The maximum Gasteiger partial charge on any atom is 0.282 e. The van der Waals surface area contributed by atoms with Gasteiger partial charge in [-0.2, -0.15) is 0 Å². The topological polar surface area (TPSA) is 49.4 Å². The summed E-state index contributed by atoms with van der Waals surface area (Å²) in [6.07, 6.45) is 0. The highest BCUT2D eigenvalue weighted by Gasteiger charge is 2.41. The summed E-state index contributed by atoms with van der Waals surface area (Å²) in [6, 6.07) is 13.4.